The van der Waals surface area contributed by atoms with Gasteiger partial charge in [0, 0.05) is 25.9 Å². The van der Waals surface area contributed by atoms with Crippen LogP contribution < -0.4 is 11.2 Å². The van der Waals surface area contributed by atoms with Gasteiger partial charge >= 0.3 is 5.69 Å². The first-order valence-electron chi connectivity index (χ1n) is 6.38. The third-order valence-electron chi connectivity index (χ3n) is 3.14. The van der Waals surface area contributed by atoms with Crippen LogP contribution in [0.5, 0.6) is 0 Å². The number of nitrogens with zero attached hydrogens (tertiary/aromatic N) is 4. The van der Waals surface area contributed by atoms with Crippen molar-refractivity contribution in [1.29, 1.82) is 0 Å². The Hall–Kier alpha value is -2.11. The van der Waals surface area contributed by atoms with Crippen LogP contribution in [0, 0.1) is 0 Å². The first kappa shape index (κ1) is 13.3. The Morgan fingerprint density at radius 2 is 2.00 bits per heavy atom. The monoisotopic (exact) mass is 262 g/mol. The van der Waals surface area contributed by atoms with E-state index in [1.165, 1.54) is 21.4 Å². The molecule has 2 aromatic rings. The normalized spacial score (nSPS) is 10.9. The topological polar surface area (TPSA) is 61.8 Å². The molecule has 0 aromatic carbocycles. The van der Waals surface area contributed by atoms with Crippen molar-refractivity contribution in [1.82, 2.24) is 18.9 Å². The highest BCUT2D eigenvalue weighted by molar-refractivity contribution is 5.11. The average Bonchev–Trinajstić information content (AvgIpc) is 2.81. The fourth-order valence-corrected chi connectivity index (χ4v) is 2.01. The number of hydrogen-bond donors (Lipinski definition) is 0. The van der Waals surface area contributed by atoms with E-state index in [2.05, 4.69) is 5.10 Å². The second-order valence-electron chi connectivity index (χ2n) is 4.43. The van der Waals surface area contributed by atoms with Gasteiger partial charge in [0.1, 0.15) is 0 Å². The molecule has 19 heavy (non-hydrogen) atoms. The van der Waals surface area contributed by atoms with Gasteiger partial charge in [0.2, 0.25) is 0 Å². The van der Waals surface area contributed by atoms with Crippen LogP contribution in [0.15, 0.2) is 27.9 Å². The van der Waals surface area contributed by atoms with Crippen LogP contribution in [0.1, 0.15) is 25.2 Å². The van der Waals surface area contributed by atoms with Gasteiger partial charge in [0.25, 0.3) is 5.56 Å². The molecule has 0 fully saturated rings. The summed E-state index contributed by atoms with van der Waals surface area (Å²) in [4.78, 5) is 23.8. The van der Waals surface area contributed by atoms with Gasteiger partial charge in [-0.15, -0.1) is 0 Å². The summed E-state index contributed by atoms with van der Waals surface area (Å²) in [6.45, 7) is 4.99. The number of aryl methyl sites for hydroxylation is 3. The molecule has 6 nitrogen and oxygen atoms in total. The minimum atomic E-state index is -0.311. The molecule has 0 aliphatic heterocycles. The number of rotatable bonds is 4. The molecule has 0 N–H and O–H groups in total. The summed E-state index contributed by atoms with van der Waals surface area (Å²) < 4.78 is 4.45. The smallest absolute Gasteiger partial charge is 0.303 e. The minimum absolute atomic E-state index is 0.257. The maximum absolute atomic E-state index is 12.0. The van der Waals surface area contributed by atoms with E-state index in [4.69, 9.17) is 0 Å². The van der Waals surface area contributed by atoms with Crippen molar-refractivity contribution in [3.8, 4) is 0 Å². The van der Waals surface area contributed by atoms with Crippen LogP contribution in [-0.2, 0) is 26.6 Å². The van der Waals surface area contributed by atoms with Gasteiger partial charge in [0.15, 0.2) is 0 Å². The first-order valence-corrected chi connectivity index (χ1v) is 6.38. The lowest BCUT2D eigenvalue weighted by Gasteiger charge is -2.07. The molecule has 0 atom stereocenters. The fraction of sp³-hybridized carbons (Fsp3) is 0.462. The van der Waals surface area contributed by atoms with Crippen molar-refractivity contribution in [3.63, 3.8) is 0 Å². The molecule has 2 aromatic heterocycles. The van der Waals surface area contributed by atoms with Crippen molar-refractivity contribution >= 4 is 0 Å². The molecule has 0 spiro atoms. The summed E-state index contributed by atoms with van der Waals surface area (Å²) >= 11 is 0. The highest BCUT2D eigenvalue weighted by atomic mass is 16.2. The highest BCUT2D eigenvalue weighted by Gasteiger charge is 2.09. The Kier molecular flexibility index (Phi) is 3.69. The third kappa shape index (κ3) is 2.52. The van der Waals surface area contributed by atoms with Crippen LogP contribution in [0.3, 0.4) is 0 Å². The lowest BCUT2D eigenvalue weighted by Crippen LogP contribution is -2.38. The average molecular weight is 262 g/mol. The Balaban J connectivity index is 2.47. The standard InChI is InChI=1S/C13H18N4O2/c1-4-10-8-11(17(5-2)14-10)9-16-12(18)6-7-15(3)13(16)19/h6-8H,4-5,9H2,1-3H3. The minimum Gasteiger partial charge on any atom is -0.303 e. The summed E-state index contributed by atoms with van der Waals surface area (Å²) in [5, 5.41) is 4.42. The van der Waals surface area contributed by atoms with E-state index < -0.39 is 0 Å². The SMILES string of the molecule is CCc1cc(Cn2c(=O)ccn(C)c2=O)n(CC)n1. The van der Waals surface area contributed by atoms with Gasteiger partial charge in [-0.05, 0) is 19.4 Å². The summed E-state index contributed by atoms with van der Waals surface area (Å²) in [7, 11) is 1.63. The maximum Gasteiger partial charge on any atom is 0.331 e. The van der Waals surface area contributed by atoms with E-state index >= 15 is 0 Å². The summed E-state index contributed by atoms with van der Waals surface area (Å²) in [5.41, 5.74) is 1.25. The molecule has 0 saturated carbocycles. The molecule has 0 unspecified atom stereocenters. The summed E-state index contributed by atoms with van der Waals surface area (Å²) in [6, 6.07) is 3.34. The van der Waals surface area contributed by atoms with E-state index in [-0.39, 0.29) is 17.8 Å². The van der Waals surface area contributed by atoms with Crippen LogP contribution in [0.2, 0.25) is 0 Å². The van der Waals surface area contributed by atoms with Gasteiger partial charge in [-0.1, -0.05) is 6.92 Å². The predicted octanol–water partition coefficient (Wildman–Crippen LogP) is 0.374. The Morgan fingerprint density at radius 1 is 1.26 bits per heavy atom. The zero-order valence-corrected chi connectivity index (χ0v) is 11.5. The largest absolute Gasteiger partial charge is 0.331 e. The second-order valence-corrected chi connectivity index (χ2v) is 4.43. The van der Waals surface area contributed by atoms with Crippen molar-refractivity contribution in [3.05, 3.63) is 50.6 Å². The zero-order chi connectivity index (χ0) is 14.0. The molecule has 6 heteroatoms. The second kappa shape index (κ2) is 5.26. The van der Waals surface area contributed by atoms with E-state index in [0.717, 1.165) is 24.4 Å². The Labute approximate surface area is 110 Å². The van der Waals surface area contributed by atoms with Gasteiger partial charge in [-0.2, -0.15) is 5.10 Å². The van der Waals surface area contributed by atoms with Crippen LogP contribution >= 0.6 is 0 Å². The molecule has 102 valence electrons. The van der Waals surface area contributed by atoms with E-state index in [9.17, 15) is 9.59 Å². The maximum atomic E-state index is 12.0. The van der Waals surface area contributed by atoms with Crippen LogP contribution in [0.4, 0.5) is 0 Å². The third-order valence-corrected chi connectivity index (χ3v) is 3.14. The van der Waals surface area contributed by atoms with Gasteiger partial charge < -0.3 is 4.57 Å². The Morgan fingerprint density at radius 3 is 2.63 bits per heavy atom. The predicted molar refractivity (Wildman–Crippen MR) is 72.3 cm³/mol. The van der Waals surface area contributed by atoms with E-state index in [0.29, 0.717) is 0 Å². The molecule has 0 bridgehead atoms. The van der Waals surface area contributed by atoms with Gasteiger partial charge in [-0.25, -0.2) is 4.79 Å². The first-order chi connectivity index (χ1) is 9.06. The summed E-state index contributed by atoms with van der Waals surface area (Å²) in [5.74, 6) is 0. The fourth-order valence-electron chi connectivity index (χ4n) is 2.01. The molecule has 2 heterocycles. The number of aromatic nitrogens is 4. The molecule has 0 saturated heterocycles. The lowest BCUT2D eigenvalue weighted by atomic mass is 10.3. The molecular formula is C13H18N4O2. The molecule has 0 radical (unpaired) electrons. The lowest BCUT2D eigenvalue weighted by molar-refractivity contribution is 0.566. The highest BCUT2D eigenvalue weighted by Crippen LogP contribution is 2.06. The molecular weight excluding hydrogens is 244 g/mol. The van der Waals surface area contributed by atoms with Crippen molar-refractivity contribution in [2.45, 2.75) is 33.4 Å². The zero-order valence-electron chi connectivity index (χ0n) is 11.5. The number of hydrogen-bond acceptors (Lipinski definition) is 3. The van der Waals surface area contributed by atoms with Crippen LogP contribution in [0.25, 0.3) is 0 Å². The Bertz CT molecular complexity index is 693. The van der Waals surface area contributed by atoms with E-state index in [1.54, 1.807) is 7.05 Å². The van der Waals surface area contributed by atoms with Gasteiger partial charge in [0.05, 0.1) is 17.9 Å². The molecule has 0 amide bonds. The molecule has 2 rings (SSSR count). The van der Waals surface area contributed by atoms with Crippen LogP contribution in [-0.4, -0.2) is 18.9 Å². The van der Waals surface area contributed by atoms with Gasteiger partial charge in [-0.3, -0.25) is 14.0 Å². The molecule has 0 aliphatic carbocycles. The van der Waals surface area contributed by atoms with Crippen molar-refractivity contribution in [2.24, 2.45) is 7.05 Å². The summed E-state index contributed by atoms with van der Waals surface area (Å²) in [6.07, 6.45) is 2.32. The quantitative estimate of drug-likeness (QED) is 0.800. The van der Waals surface area contributed by atoms with E-state index in [1.807, 2.05) is 24.6 Å². The van der Waals surface area contributed by atoms with Crippen molar-refractivity contribution in [2.75, 3.05) is 0 Å². The van der Waals surface area contributed by atoms with Crippen molar-refractivity contribution < 1.29 is 0 Å². The molecule has 0 aliphatic rings.